The summed E-state index contributed by atoms with van der Waals surface area (Å²) in [5, 5.41) is 55.3. The monoisotopic (exact) mass is 478 g/mol. The summed E-state index contributed by atoms with van der Waals surface area (Å²) < 4.78 is 0. The molecule has 10 nitrogen and oxygen atoms in total. The van der Waals surface area contributed by atoms with Crippen LogP contribution in [0.1, 0.15) is 29.3 Å². The number of primary amides is 1. The third-order valence-electron chi connectivity index (χ3n) is 7.07. The minimum atomic E-state index is -2.78. The number of Topliss-reactive ketones (excluding diaryl/α,β-unsaturated/α-hetero) is 2. The van der Waals surface area contributed by atoms with Gasteiger partial charge in [-0.25, -0.2) is 0 Å². The molecule has 0 fully saturated rings. The predicted molar refractivity (Wildman–Crippen MR) is 115 cm³/mol. The van der Waals surface area contributed by atoms with Gasteiger partial charge in [-0.3, -0.25) is 19.3 Å². The zero-order chi connectivity index (χ0) is 24.8. The lowest BCUT2D eigenvalue weighted by Crippen LogP contribution is -2.65. The molecular formula is C22H23ClN2O8. The number of rotatable bonds is 2. The molecule has 0 radical (unpaired) electrons. The molecular weight excluding hydrogens is 456 g/mol. The van der Waals surface area contributed by atoms with Gasteiger partial charge in [0.15, 0.2) is 11.4 Å². The van der Waals surface area contributed by atoms with Crippen molar-refractivity contribution in [2.75, 3.05) is 14.1 Å². The summed E-state index contributed by atoms with van der Waals surface area (Å²) in [6.45, 7) is 1.34. The molecule has 0 bridgehead atoms. The molecule has 0 aliphatic heterocycles. The fraction of sp³-hybridized carbons (Fsp3) is 0.409. The number of carbonyl (C=O) groups is 3. The van der Waals surface area contributed by atoms with E-state index in [1.807, 2.05) is 0 Å². The van der Waals surface area contributed by atoms with Crippen molar-refractivity contribution in [1.29, 1.82) is 0 Å². The summed E-state index contributed by atoms with van der Waals surface area (Å²) in [6.07, 6.45) is -0.259. The van der Waals surface area contributed by atoms with E-state index in [9.17, 15) is 39.9 Å². The average molecular weight is 479 g/mol. The highest BCUT2D eigenvalue weighted by molar-refractivity contribution is 6.33. The molecule has 0 aromatic heterocycles. The first-order valence-electron chi connectivity index (χ1n) is 10.1. The zero-order valence-corrected chi connectivity index (χ0v) is 18.7. The number of hydrogen-bond acceptors (Lipinski definition) is 9. The Bertz CT molecular complexity index is 1200. The van der Waals surface area contributed by atoms with Crippen LogP contribution in [-0.4, -0.2) is 73.6 Å². The second kappa shape index (κ2) is 7.04. The number of hydrogen-bond donors (Lipinski definition) is 6. The van der Waals surface area contributed by atoms with E-state index in [2.05, 4.69) is 0 Å². The molecule has 176 valence electrons. The highest BCUT2D eigenvalue weighted by Gasteiger charge is 2.65. The average Bonchev–Trinajstić information content (AvgIpc) is 2.69. The number of amides is 1. The Kier molecular flexibility index (Phi) is 4.96. The molecule has 1 aromatic rings. The second-order valence-electron chi connectivity index (χ2n) is 9.08. The van der Waals surface area contributed by atoms with Crippen LogP contribution in [-0.2, 0) is 15.2 Å². The third-order valence-corrected chi connectivity index (χ3v) is 7.39. The number of likely N-dealkylation sites (N-methyl/N-ethyl adjacent to an activating group) is 1. The predicted octanol–water partition coefficient (Wildman–Crippen LogP) is 0.439. The molecule has 2 unspecified atom stereocenters. The van der Waals surface area contributed by atoms with E-state index in [0.717, 1.165) is 6.07 Å². The Balaban J connectivity index is 2.07. The van der Waals surface area contributed by atoms with Crippen LogP contribution in [0.4, 0.5) is 0 Å². The fourth-order valence-corrected chi connectivity index (χ4v) is 5.93. The van der Waals surface area contributed by atoms with E-state index in [4.69, 9.17) is 17.3 Å². The van der Waals surface area contributed by atoms with Crippen LogP contribution < -0.4 is 5.73 Å². The normalized spacial score (nSPS) is 33.7. The van der Waals surface area contributed by atoms with Gasteiger partial charge in [-0.05, 0) is 39.6 Å². The van der Waals surface area contributed by atoms with Crippen molar-refractivity contribution >= 4 is 29.1 Å². The van der Waals surface area contributed by atoms with Gasteiger partial charge in [0.25, 0.3) is 5.91 Å². The van der Waals surface area contributed by atoms with E-state index in [1.54, 1.807) is 0 Å². The quantitative estimate of drug-likeness (QED) is 0.328. The molecule has 3 aliphatic carbocycles. The number of aliphatic hydroxyl groups excluding tert-OH is 2. The highest BCUT2D eigenvalue weighted by Crippen LogP contribution is 2.57. The molecule has 11 heteroatoms. The van der Waals surface area contributed by atoms with Gasteiger partial charge in [0, 0.05) is 28.0 Å². The van der Waals surface area contributed by atoms with Gasteiger partial charge in [-0.1, -0.05) is 11.6 Å². The molecule has 3 aliphatic rings. The van der Waals surface area contributed by atoms with Crippen LogP contribution in [0.2, 0.25) is 5.02 Å². The van der Waals surface area contributed by atoms with Crippen LogP contribution >= 0.6 is 11.6 Å². The van der Waals surface area contributed by atoms with Crippen molar-refractivity contribution in [3.05, 3.63) is 50.9 Å². The molecule has 0 saturated carbocycles. The summed E-state index contributed by atoms with van der Waals surface area (Å²) in [7, 11) is 3.03. The van der Waals surface area contributed by atoms with Gasteiger partial charge in [0.05, 0.1) is 17.2 Å². The molecule has 0 saturated heterocycles. The van der Waals surface area contributed by atoms with Crippen LogP contribution in [0, 0.1) is 11.8 Å². The van der Waals surface area contributed by atoms with Gasteiger partial charge in [0.1, 0.15) is 22.8 Å². The SMILES string of the molecule is CN(C)[C@@H]1C(O)=C(C(N)=O)C(=O)[C@@]2(O)C(O)=C3C(=O)c4c(O)ccc(Cl)c4C(C)(O)C3C[C@@H]12. The summed E-state index contributed by atoms with van der Waals surface area (Å²) in [5.41, 5.74) is -1.21. The largest absolute Gasteiger partial charge is 0.510 e. The summed E-state index contributed by atoms with van der Waals surface area (Å²) >= 11 is 6.26. The standard InChI is InChI=1S/C22H23ClN2O8/c1-21(32)7-6-8-15(25(2)3)17(28)13(20(24)31)19(30)22(8,33)18(29)11(7)16(27)12-10(26)5-4-9(23)14(12)21/h4-5,7-8,15,26,28-29,32-33H,6H2,1-3H3,(H2,24,31)/t7?,8-,15-,21?,22-/m0/s1. The molecule has 1 amide bonds. The molecule has 5 atom stereocenters. The topological polar surface area (TPSA) is 182 Å². The van der Waals surface area contributed by atoms with Crippen molar-refractivity contribution in [3.63, 3.8) is 0 Å². The van der Waals surface area contributed by atoms with Crippen molar-refractivity contribution in [2.45, 2.75) is 30.6 Å². The van der Waals surface area contributed by atoms with Gasteiger partial charge >= 0.3 is 0 Å². The Morgan fingerprint density at radius 3 is 2.33 bits per heavy atom. The number of nitrogens with two attached hydrogens (primary N) is 1. The molecule has 33 heavy (non-hydrogen) atoms. The molecule has 7 N–H and O–H groups in total. The van der Waals surface area contributed by atoms with E-state index in [-0.39, 0.29) is 22.6 Å². The summed E-state index contributed by atoms with van der Waals surface area (Å²) in [5.74, 6) is -8.29. The molecule has 4 rings (SSSR count). The lowest BCUT2D eigenvalue weighted by atomic mass is 9.55. The Morgan fingerprint density at radius 2 is 1.79 bits per heavy atom. The number of aromatic hydroxyl groups is 1. The van der Waals surface area contributed by atoms with E-state index < -0.39 is 75.0 Å². The van der Waals surface area contributed by atoms with Crippen LogP contribution in [0.5, 0.6) is 5.75 Å². The maximum absolute atomic E-state index is 13.4. The highest BCUT2D eigenvalue weighted by atomic mass is 35.5. The summed E-state index contributed by atoms with van der Waals surface area (Å²) in [6, 6.07) is 1.30. The van der Waals surface area contributed by atoms with E-state index >= 15 is 0 Å². The van der Waals surface area contributed by atoms with E-state index in [1.165, 1.54) is 32.0 Å². The summed E-state index contributed by atoms with van der Waals surface area (Å²) in [4.78, 5) is 40.0. The Hall–Kier alpha value is -2.92. The fourth-order valence-electron chi connectivity index (χ4n) is 5.59. The first kappa shape index (κ1) is 23.2. The lowest BCUT2D eigenvalue weighted by Gasteiger charge is -2.52. The lowest BCUT2D eigenvalue weighted by molar-refractivity contribution is -0.151. The van der Waals surface area contributed by atoms with Gasteiger partial charge < -0.3 is 31.3 Å². The Morgan fingerprint density at radius 1 is 1.18 bits per heavy atom. The maximum atomic E-state index is 13.4. The van der Waals surface area contributed by atoms with Crippen molar-refractivity contribution in [1.82, 2.24) is 4.90 Å². The number of ketones is 2. The van der Waals surface area contributed by atoms with Gasteiger partial charge in [-0.15, -0.1) is 0 Å². The smallest absolute Gasteiger partial charge is 0.255 e. The molecule has 0 heterocycles. The number of phenolic OH excluding ortho intramolecular Hbond substituents is 1. The zero-order valence-electron chi connectivity index (χ0n) is 18.0. The van der Waals surface area contributed by atoms with E-state index in [0.29, 0.717) is 0 Å². The minimum absolute atomic E-state index is 0.00293. The second-order valence-corrected chi connectivity index (χ2v) is 9.49. The van der Waals surface area contributed by atoms with Crippen molar-refractivity contribution < 1.29 is 39.9 Å². The minimum Gasteiger partial charge on any atom is -0.510 e. The van der Waals surface area contributed by atoms with Crippen molar-refractivity contribution in [3.8, 4) is 5.75 Å². The number of carbonyl (C=O) groups excluding carboxylic acids is 3. The van der Waals surface area contributed by atoms with Crippen LogP contribution in [0.25, 0.3) is 0 Å². The van der Waals surface area contributed by atoms with Gasteiger partial charge in [-0.2, -0.15) is 0 Å². The number of halogens is 1. The number of fused-ring (bicyclic) bond motifs is 3. The number of benzene rings is 1. The van der Waals surface area contributed by atoms with Crippen LogP contribution in [0.3, 0.4) is 0 Å². The number of phenols is 1. The maximum Gasteiger partial charge on any atom is 0.255 e. The van der Waals surface area contributed by atoms with Gasteiger partial charge in [0.2, 0.25) is 5.78 Å². The Labute approximate surface area is 193 Å². The third kappa shape index (κ3) is 2.75. The number of nitrogens with zero attached hydrogens (tertiary/aromatic N) is 1. The first-order chi connectivity index (χ1) is 15.2. The van der Waals surface area contributed by atoms with Crippen LogP contribution in [0.15, 0.2) is 34.8 Å². The number of aliphatic hydroxyl groups is 4. The molecule has 1 aromatic carbocycles. The van der Waals surface area contributed by atoms with Crippen molar-refractivity contribution in [2.24, 2.45) is 17.6 Å². The first-order valence-corrected chi connectivity index (χ1v) is 10.5. The molecule has 0 spiro atoms.